The Labute approximate surface area is 159 Å². The maximum Gasteiger partial charge on any atom is 0.414 e. The molecule has 1 aromatic carbocycles. The molecule has 1 saturated heterocycles. The first kappa shape index (κ1) is 19.5. The van der Waals surface area contributed by atoms with Gasteiger partial charge in [0.15, 0.2) is 0 Å². The summed E-state index contributed by atoms with van der Waals surface area (Å²) in [5, 5.41) is 0. The van der Waals surface area contributed by atoms with Gasteiger partial charge >= 0.3 is 11.8 Å². The van der Waals surface area contributed by atoms with Crippen LogP contribution >= 0.6 is 0 Å². The van der Waals surface area contributed by atoms with Gasteiger partial charge in [-0.25, -0.2) is 9.59 Å². The molecule has 27 heavy (non-hydrogen) atoms. The second kappa shape index (κ2) is 7.03. The fourth-order valence-electron chi connectivity index (χ4n) is 3.62. The number of anilines is 1. The number of rotatable bonds is 2. The van der Waals surface area contributed by atoms with Gasteiger partial charge in [-0.3, -0.25) is 14.0 Å². The van der Waals surface area contributed by atoms with Crippen LogP contribution in [0.25, 0.3) is 11.0 Å². The van der Waals surface area contributed by atoms with Gasteiger partial charge in [-0.05, 0) is 57.2 Å². The second-order valence-electron chi connectivity index (χ2n) is 8.23. The number of benzene rings is 1. The molecule has 1 aromatic heterocycles. The number of carbonyl (C=O) groups excluding carboxylic acids is 1. The first-order valence-corrected chi connectivity index (χ1v) is 9.34. The maximum absolute atomic E-state index is 12.5. The monoisotopic (exact) mass is 375 g/mol. The SMILES string of the molecule is CN(C(=O)OC(C)(C)C)c1cc(C2CCOCC2)c2c(c1)n(C)c(=O)n2C. The summed E-state index contributed by atoms with van der Waals surface area (Å²) in [6.07, 6.45) is 1.39. The minimum absolute atomic E-state index is 0.0737. The molecule has 0 radical (unpaired) electrons. The summed E-state index contributed by atoms with van der Waals surface area (Å²) in [5.74, 6) is 0.293. The third kappa shape index (κ3) is 3.74. The predicted molar refractivity (Wildman–Crippen MR) is 106 cm³/mol. The van der Waals surface area contributed by atoms with E-state index in [4.69, 9.17) is 9.47 Å². The maximum atomic E-state index is 12.5. The molecule has 7 nitrogen and oxygen atoms in total. The Hall–Kier alpha value is -2.28. The lowest BCUT2D eigenvalue weighted by atomic mass is 9.90. The summed E-state index contributed by atoms with van der Waals surface area (Å²) in [6.45, 7) is 6.95. The van der Waals surface area contributed by atoms with Gasteiger partial charge in [-0.15, -0.1) is 0 Å². The van der Waals surface area contributed by atoms with Gasteiger partial charge in [0.2, 0.25) is 0 Å². The van der Waals surface area contributed by atoms with E-state index in [9.17, 15) is 9.59 Å². The van der Waals surface area contributed by atoms with E-state index in [1.165, 1.54) is 4.90 Å². The van der Waals surface area contributed by atoms with Crippen molar-refractivity contribution in [1.29, 1.82) is 0 Å². The standard InChI is InChI=1S/C20H29N3O4/c1-20(2,3)27-19(25)21(4)14-11-15(13-7-9-26-10-8-13)17-16(12-14)22(5)18(24)23(17)6/h11-13H,7-10H2,1-6H3. The topological polar surface area (TPSA) is 65.7 Å². The van der Waals surface area contributed by atoms with E-state index < -0.39 is 11.7 Å². The van der Waals surface area contributed by atoms with Crippen molar-refractivity contribution in [2.45, 2.75) is 45.1 Å². The van der Waals surface area contributed by atoms with E-state index in [1.54, 1.807) is 30.3 Å². The minimum Gasteiger partial charge on any atom is -0.443 e. The Morgan fingerprint density at radius 3 is 2.41 bits per heavy atom. The number of amides is 1. The number of hydrogen-bond acceptors (Lipinski definition) is 4. The zero-order valence-electron chi connectivity index (χ0n) is 17.0. The van der Waals surface area contributed by atoms with Gasteiger partial charge in [0.25, 0.3) is 0 Å². The van der Waals surface area contributed by atoms with E-state index >= 15 is 0 Å². The van der Waals surface area contributed by atoms with Gasteiger partial charge in [0, 0.05) is 40.0 Å². The second-order valence-corrected chi connectivity index (χ2v) is 8.23. The molecule has 1 fully saturated rings. The number of aryl methyl sites for hydroxylation is 2. The van der Waals surface area contributed by atoms with Gasteiger partial charge in [-0.2, -0.15) is 0 Å². The molecule has 148 valence electrons. The number of carbonyl (C=O) groups is 1. The molecule has 0 saturated carbocycles. The van der Waals surface area contributed by atoms with Crippen LogP contribution in [0.15, 0.2) is 16.9 Å². The molecular formula is C20H29N3O4. The van der Waals surface area contributed by atoms with Crippen LogP contribution in [0.5, 0.6) is 0 Å². The first-order valence-electron chi connectivity index (χ1n) is 9.34. The number of fused-ring (bicyclic) bond motifs is 1. The highest BCUT2D eigenvalue weighted by Crippen LogP contribution is 2.35. The highest BCUT2D eigenvalue weighted by atomic mass is 16.6. The van der Waals surface area contributed by atoms with Gasteiger partial charge in [0.05, 0.1) is 11.0 Å². The van der Waals surface area contributed by atoms with Crippen molar-refractivity contribution in [1.82, 2.24) is 9.13 Å². The lowest BCUT2D eigenvalue weighted by Gasteiger charge is -2.27. The molecule has 2 aromatic rings. The van der Waals surface area contributed by atoms with Crippen molar-refractivity contribution in [2.24, 2.45) is 14.1 Å². The van der Waals surface area contributed by atoms with Crippen molar-refractivity contribution in [3.8, 4) is 0 Å². The quantitative estimate of drug-likeness (QED) is 0.809. The molecule has 1 amide bonds. The van der Waals surface area contributed by atoms with Crippen LogP contribution in [0.2, 0.25) is 0 Å². The molecule has 1 aliphatic heterocycles. The first-order chi connectivity index (χ1) is 12.6. The predicted octanol–water partition coefficient (Wildman–Crippen LogP) is 3.14. The number of aromatic nitrogens is 2. The molecule has 0 N–H and O–H groups in total. The number of ether oxygens (including phenoxy) is 2. The third-order valence-corrected chi connectivity index (χ3v) is 5.09. The lowest BCUT2D eigenvalue weighted by molar-refractivity contribution is 0.0589. The van der Waals surface area contributed by atoms with E-state index in [2.05, 4.69) is 0 Å². The zero-order chi connectivity index (χ0) is 19.9. The molecule has 0 aliphatic carbocycles. The van der Waals surface area contributed by atoms with Crippen LogP contribution in [0.1, 0.15) is 45.1 Å². The van der Waals surface area contributed by atoms with Gasteiger partial charge in [-0.1, -0.05) is 0 Å². The molecule has 0 unspecified atom stereocenters. The van der Waals surface area contributed by atoms with Crippen molar-refractivity contribution in [3.63, 3.8) is 0 Å². The molecule has 0 bridgehead atoms. The van der Waals surface area contributed by atoms with Gasteiger partial charge in [0.1, 0.15) is 5.60 Å². The van der Waals surface area contributed by atoms with Crippen molar-refractivity contribution in [2.75, 3.05) is 25.2 Å². The Morgan fingerprint density at radius 1 is 1.19 bits per heavy atom. The number of imidazole rings is 1. The average molecular weight is 375 g/mol. The largest absolute Gasteiger partial charge is 0.443 e. The average Bonchev–Trinajstić information content (AvgIpc) is 2.84. The number of nitrogens with zero attached hydrogens (tertiary/aromatic N) is 3. The van der Waals surface area contributed by atoms with Crippen LogP contribution in [0.4, 0.5) is 10.5 Å². The molecule has 2 heterocycles. The zero-order valence-corrected chi connectivity index (χ0v) is 17.0. The smallest absolute Gasteiger partial charge is 0.414 e. The van der Waals surface area contributed by atoms with E-state index in [1.807, 2.05) is 32.9 Å². The molecule has 1 aliphatic rings. The highest BCUT2D eigenvalue weighted by Gasteiger charge is 2.26. The molecule has 3 rings (SSSR count). The summed E-state index contributed by atoms with van der Waals surface area (Å²) < 4.78 is 14.3. The summed E-state index contributed by atoms with van der Waals surface area (Å²) in [6, 6.07) is 3.89. The minimum atomic E-state index is -0.571. The molecule has 0 spiro atoms. The van der Waals surface area contributed by atoms with Crippen molar-refractivity contribution >= 4 is 22.8 Å². The van der Waals surface area contributed by atoms with Crippen LogP contribution in [-0.4, -0.2) is 41.1 Å². The van der Waals surface area contributed by atoms with Crippen molar-refractivity contribution < 1.29 is 14.3 Å². The van der Waals surface area contributed by atoms with Crippen LogP contribution in [0.3, 0.4) is 0 Å². The fraction of sp³-hybridized carbons (Fsp3) is 0.600. The van der Waals surface area contributed by atoms with Crippen LogP contribution in [0, 0.1) is 0 Å². The summed E-state index contributed by atoms with van der Waals surface area (Å²) >= 11 is 0. The fourth-order valence-corrected chi connectivity index (χ4v) is 3.62. The Kier molecular flexibility index (Phi) is 5.08. The van der Waals surface area contributed by atoms with E-state index in [-0.39, 0.29) is 5.69 Å². The van der Waals surface area contributed by atoms with Crippen LogP contribution < -0.4 is 10.6 Å². The van der Waals surface area contributed by atoms with Gasteiger partial charge < -0.3 is 9.47 Å². The molecule has 0 atom stereocenters. The Bertz CT molecular complexity index is 914. The Balaban J connectivity index is 2.13. The summed E-state index contributed by atoms with van der Waals surface area (Å²) in [7, 11) is 5.25. The molecular weight excluding hydrogens is 346 g/mol. The Morgan fingerprint density at radius 2 is 1.81 bits per heavy atom. The third-order valence-electron chi connectivity index (χ3n) is 5.09. The summed E-state index contributed by atoms with van der Waals surface area (Å²) in [5.41, 5.74) is 2.90. The number of hydrogen-bond donors (Lipinski definition) is 0. The highest BCUT2D eigenvalue weighted by molar-refractivity contribution is 5.92. The normalized spacial score (nSPS) is 15.9. The van der Waals surface area contributed by atoms with Crippen LogP contribution in [-0.2, 0) is 23.6 Å². The lowest BCUT2D eigenvalue weighted by Crippen LogP contribution is -2.34. The van der Waals surface area contributed by atoms with E-state index in [0.29, 0.717) is 19.1 Å². The summed E-state index contributed by atoms with van der Waals surface area (Å²) in [4.78, 5) is 26.6. The molecule has 7 heteroatoms. The van der Waals surface area contributed by atoms with E-state index in [0.717, 1.165) is 35.1 Å². The van der Waals surface area contributed by atoms with Crippen molar-refractivity contribution in [3.05, 3.63) is 28.2 Å².